The van der Waals surface area contributed by atoms with Gasteiger partial charge in [-0.15, -0.1) is 0 Å². The van der Waals surface area contributed by atoms with Crippen molar-refractivity contribution >= 4 is 0 Å². The number of rotatable bonds is 13. The fourth-order valence-electron chi connectivity index (χ4n) is 2.16. The Balaban J connectivity index is 2.96. The monoisotopic (exact) mass is 249 g/mol. The maximum Gasteiger partial charge on any atom is -0.0316 e. The van der Waals surface area contributed by atoms with Crippen molar-refractivity contribution in [1.82, 2.24) is 0 Å². The number of allylic oxidation sites excluding steroid dienone is 4. The number of hydrogen-bond acceptors (Lipinski definition) is 0. The van der Waals surface area contributed by atoms with Gasteiger partial charge in [-0.1, -0.05) is 76.2 Å². The molecule has 105 valence electrons. The molecule has 0 aliphatic carbocycles. The van der Waals surface area contributed by atoms with E-state index in [-0.39, 0.29) is 0 Å². The maximum absolute atomic E-state index is 3.70. The van der Waals surface area contributed by atoms with E-state index in [1.165, 1.54) is 77.0 Å². The molecule has 0 aromatic heterocycles. The number of unbranched alkanes of at least 4 members (excludes halogenated alkanes) is 10. The van der Waals surface area contributed by atoms with Gasteiger partial charge in [0.15, 0.2) is 0 Å². The van der Waals surface area contributed by atoms with E-state index in [9.17, 15) is 0 Å². The van der Waals surface area contributed by atoms with Crippen molar-refractivity contribution in [3.63, 3.8) is 0 Å². The summed E-state index contributed by atoms with van der Waals surface area (Å²) in [6.07, 6.45) is 25.1. The lowest BCUT2D eigenvalue weighted by Gasteiger charge is -2.01. The van der Waals surface area contributed by atoms with E-state index in [0.29, 0.717) is 0 Å². The van der Waals surface area contributed by atoms with Crippen molar-refractivity contribution in [3.05, 3.63) is 31.2 Å². The Morgan fingerprint density at radius 1 is 0.611 bits per heavy atom. The van der Waals surface area contributed by atoms with Gasteiger partial charge in [-0.25, -0.2) is 0 Å². The summed E-state index contributed by atoms with van der Waals surface area (Å²) >= 11 is 0. The van der Waals surface area contributed by atoms with Crippen LogP contribution in [0.25, 0.3) is 0 Å². The van der Waals surface area contributed by atoms with Crippen molar-refractivity contribution in [2.45, 2.75) is 84.0 Å². The predicted octanol–water partition coefficient (Wildman–Crippen LogP) is 6.63. The van der Waals surface area contributed by atoms with Crippen molar-refractivity contribution in [1.29, 1.82) is 0 Å². The van der Waals surface area contributed by atoms with Crippen LogP contribution in [-0.4, -0.2) is 0 Å². The molecular formula is C18H33. The third kappa shape index (κ3) is 15.5. The molecule has 1 radical (unpaired) electrons. The predicted molar refractivity (Wildman–Crippen MR) is 84.7 cm³/mol. The fourth-order valence-corrected chi connectivity index (χ4v) is 2.16. The maximum atomic E-state index is 3.70. The smallest absolute Gasteiger partial charge is 0.0316 e. The van der Waals surface area contributed by atoms with Crippen LogP contribution in [0.3, 0.4) is 0 Å². The zero-order chi connectivity index (χ0) is 13.3. The Labute approximate surface area is 116 Å². The van der Waals surface area contributed by atoms with E-state index in [1.54, 1.807) is 0 Å². The summed E-state index contributed by atoms with van der Waals surface area (Å²) in [5.41, 5.74) is 0. The minimum absolute atomic E-state index is 1.19. The molecule has 0 amide bonds. The van der Waals surface area contributed by atoms with E-state index in [1.807, 2.05) is 6.08 Å². The van der Waals surface area contributed by atoms with Crippen LogP contribution in [0.4, 0.5) is 0 Å². The highest BCUT2D eigenvalue weighted by Gasteiger charge is 1.91. The Morgan fingerprint density at radius 3 is 1.50 bits per heavy atom. The first-order valence-electron chi connectivity index (χ1n) is 8.01. The molecule has 0 saturated heterocycles. The van der Waals surface area contributed by atoms with E-state index in [2.05, 4.69) is 32.1 Å². The van der Waals surface area contributed by atoms with Crippen LogP contribution >= 0.6 is 0 Å². The Morgan fingerprint density at radius 2 is 1.06 bits per heavy atom. The summed E-state index contributed by atoms with van der Waals surface area (Å²) in [5.74, 6) is 0. The Bertz CT molecular complexity index is 188. The first kappa shape index (κ1) is 17.5. The van der Waals surface area contributed by atoms with Gasteiger partial charge in [0.05, 0.1) is 0 Å². The molecule has 0 fully saturated rings. The number of hydrogen-bond donors (Lipinski definition) is 0. The standard InChI is InChI=1S/C18H33/c1-3-5-7-9-11-13-15-17-18-16-14-12-10-8-6-4-2/h3,5-6,8H,1,4,7,9-18H2,2H3. The molecule has 0 aliphatic heterocycles. The van der Waals surface area contributed by atoms with Crippen LogP contribution in [0, 0.1) is 6.92 Å². The molecule has 0 atom stereocenters. The normalized spacial score (nSPS) is 11.9. The van der Waals surface area contributed by atoms with Crippen LogP contribution in [0.5, 0.6) is 0 Å². The Kier molecular flexibility index (Phi) is 16.0. The average Bonchev–Trinajstić information content (AvgIpc) is 2.39. The zero-order valence-electron chi connectivity index (χ0n) is 12.5. The first-order chi connectivity index (χ1) is 8.91. The van der Waals surface area contributed by atoms with Gasteiger partial charge >= 0.3 is 0 Å². The topological polar surface area (TPSA) is 0 Å². The summed E-state index contributed by atoms with van der Waals surface area (Å²) < 4.78 is 0. The summed E-state index contributed by atoms with van der Waals surface area (Å²) in [6.45, 7) is 5.90. The van der Waals surface area contributed by atoms with E-state index < -0.39 is 0 Å². The molecule has 0 aliphatic rings. The van der Waals surface area contributed by atoms with Crippen LogP contribution in [0.15, 0.2) is 24.3 Å². The quantitative estimate of drug-likeness (QED) is 0.254. The van der Waals surface area contributed by atoms with Crippen molar-refractivity contribution in [2.75, 3.05) is 0 Å². The fraction of sp³-hybridized carbons (Fsp3) is 0.722. The minimum atomic E-state index is 1.19. The van der Waals surface area contributed by atoms with E-state index in [4.69, 9.17) is 0 Å². The van der Waals surface area contributed by atoms with Crippen LogP contribution in [-0.2, 0) is 0 Å². The van der Waals surface area contributed by atoms with Crippen molar-refractivity contribution in [3.8, 4) is 0 Å². The molecule has 0 saturated carbocycles. The molecule has 0 nitrogen and oxygen atoms in total. The SMILES string of the molecule is [CH2]C=CCCCCCCCCCCCC=CCC. The van der Waals surface area contributed by atoms with E-state index in [0.717, 1.165) is 0 Å². The van der Waals surface area contributed by atoms with Gasteiger partial charge in [0.1, 0.15) is 0 Å². The van der Waals surface area contributed by atoms with Crippen LogP contribution in [0.1, 0.15) is 84.0 Å². The second kappa shape index (κ2) is 16.5. The molecule has 0 aromatic carbocycles. The lowest BCUT2D eigenvalue weighted by atomic mass is 10.1. The molecule has 0 N–H and O–H groups in total. The van der Waals surface area contributed by atoms with Gasteiger partial charge in [0.2, 0.25) is 0 Å². The highest BCUT2D eigenvalue weighted by molar-refractivity contribution is 4.83. The molecule has 0 bridgehead atoms. The average molecular weight is 249 g/mol. The zero-order valence-corrected chi connectivity index (χ0v) is 12.5. The molecule has 0 unspecified atom stereocenters. The molecule has 0 heteroatoms. The minimum Gasteiger partial charge on any atom is -0.0888 e. The van der Waals surface area contributed by atoms with E-state index >= 15 is 0 Å². The molecule has 0 aromatic rings. The Hall–Kier alpha value is -0.520. The lowest BCUT2D eigenvalue weighted by Crippen LogP contribution is -1.81. The second-order valence-electron chi connectivity index (χ2n) is 5.11. The third-order valence-corrected chi connectivity index (χ3v) is 3.31. The third-order valence-electron chi connectivity index (χ3n) is 3.31. The molecule has 0 rings (SSSR count). The highest BCUT2D eigenvalue weighted by Crippen LogP contribution is 2.11. The van der Waals surface area contributed by atoms with Crippen LogP contribution < -0.4 is 0 Å². The molecule has 0 spiro atoms. The van der Waals surface area contributed by atoms with Gasteiger partial charge in [0.25, 0.3) is 0 Å². The summed E-state index contributed by atoms with van der Waals surface area (Å²) in [5, 5.41) is 0. The largest absolute Gasteiger partial charge is 0.0888 e. The van der Waals surface area contributed by atoms with Crippen LogP contribution in [0.2, 0.25) is 0 Å². The second-order valence-corrected chi connectivity index (χ2v) is 5.11. The van der Waals surface area contributed by atoms with Gasteiger partial charge in [0, 0.05) is 0 Å². The molecular weight excluding hydrogens is 216 g/mol. The van der Waals surface area contributed by atoms with Crippen molar-refractivity contribution < 1.29 is 0 Å². The summed E-state index contributed by atoms with van der Waals surface area (Å²) in [4.78, 5) is 0. The lowest BCUT2D eigenvalue weighted by molar-refractivity contribution is 0.561. The van der Waals surface area contributed by atoms with Gasteiger partial charge in [-0.3, -0.25) is 0 Å². The molecule has 0 heterocycles. The van der Waals surface area contributed by atoms with Crippen molar-refractivity contribution in [2.24, 2.45) is 0 Å². The van der Waals surface area contributed by atoms with Gasteiger partial charge in [-0.2, -0.15) is 0 Å². The highest BCUT2D eigenvalue weighted by atomic mass is 14.0. The van der Waals surface area contributed by atoms with Gasteiger partial charge < -0.3 is 0 Å². The molecule has 18 heavy (non-hydrogen) atoms. The van der Waals surface area contributed by atoms with Gasteiger partial charge in [-0.05, 0) is 39.0 Å². The summed E-state index contributed by atoms with van der Waals surface area (Å²) in [6, 6.07) is 0. The summed E-state index contributed by atoms with van der Waals surface area (Å²) in [7, 11) is 0. The first-order valence-corrected chi connectivity index (χ1v) is 8.01.